The molecule has 0 unspecified atom stereocenters. The highest BCUT2D eigenvalue weighted by molar-refractivity contribution is 7.87. The van der Waals surface area contributed by atoms with Crippen molar-refractivity contribution in [3.8, 4) is 17.2 Å². The summed E-state index contributed by atoms with van der Waals surface area (Å²) in [6, 6.07) is 27.5. The Hall–Kier alpha value is -7.98. The fraction of sp³-hybridized carbons (Fsp3) is 0.217. The number of rotatable bonds is 14. The Balaban J connectivity index is 0.000000171. The van der Waals surface area contributed by atoms with Crippen molar-refractivity contribution in [2.24, 2.45) is 0 Å². The Morgan fingerprint density at radius 2 is 1.25 bits per heavy atom. The van der Waals surface area contributed by atoms with Crippen molar-refractivity contribution in [1.82, 2.24) is 45.1 Å². The van der Waals surface area contributed by atoms with Gasteiger partial charge in [0.15, 0.2) is 0 Å². The lowest BCUT2D eigenvalue weighted by molar-refractivity contribution is 0.240. The SMILES string of the molecule is O=C(NCc1ccccn1)Nc1nc2ccc(OS(=O)(=O)c3ccc(NC4CCCC4)cc3)cc2[nH]1.O=C(Nc1nc2ccc(OS(=O)(=O)c3ccc(-n4ccnc4)cc3)cc2[nH]1)NC1CCC1. The number of pyridine rings is 1. The van der Waals surface area contributed by atoms with Crippen molar-refractivity contribution in [3.63, 3.8) is 0 Å². The van der Waals surface area contributed by atoms with Crippen LogP contribution in [-0.2, 0) is 26.8 Å². The van der Waals surface area contributed by atoms with Gasteiger partial charge in [0.05, 0.1) is 40.6 Å². The van der Waals surface area contributed by atoms with Crippen molar-refractivity contribution in [2.75, 3.05) is 16.0 Å². The molecule has 2 aliphatic carbocycles. The lowest BCUT2D eigenvalue weighted by atomic mass is 9.93. The molecule has 10 rings (SSSR count). The minimum atomic E-state index is -4.03. The van der Waals surface area contributed by atoms with Crippen LogP contribution >= 0.6 is 0 Å². The molecular formula is C46H46N12O8S2. The van der Waals surface area contributed by atoms with Crippen LogP contribution in [0.5, 0.6) is 11.5 Å². The molecule has 7 N–H and O–H groups in total. The number of imidazole rings is 3. The van der Waals surface area contributed by atoms with Crippen LogP contribution in [0.4, 0.5) is 27.2 Å². The lowest BCUT2D eigenvalue weighted by Crippen LogP contribution is -2.42. The fourth-order valence-corrected chi connectivity index (χ4v) is 9.32. The first kappa shape index (κ1) is 45.2. The van der Waals surface area contributed by atoms with Crippen molar-refractivity contribution >= 4 is 71.9 Å². The third-order valence-corrected chi connectivity index (χ3v) is 13.7. The number of carbonyl (C=O) groups is 2. The Kier molecular flexibility index (Phi) is 13.2. The Morgan fingerprint density at radius 1 is 0.662 bits per heavy atom. The average Bonchev–Trinajstić information content (AvgIpc) is 4.16. The standard InChI is InChI=1S/C25H26N6O4S.C21H20N6O4S/c32-25(27-16-19-7-3-4-14-26-19)31-24-29-22-13-10-20(15-23(22)30-24)35-36(33,34)21-11-8-18(9-12-21)28-17-5-1-2-6-17;28-21(23-14-2-1-3-14)26-20-24-18-9-6-16(12-19(18)25-20)31-32(29,30)17-7-4-15(5-8-17)27-11-10-22-13-27/h3-4,7-15,17,28H,1-2,5-6,16H2,(H3,27,29,30,31,32);4-14H,1-3H2,(H3,23,24,25,26,28). The summed E-state index contributed by atoms with van der Waals surface area (Å²) in [6.45, 7) is 0.264. The second-order valence-corrected chi connectivity index (χ2v) is 19.2. The molecule has 22 heteroatoms. The van der Waals surface area contributed by atoms with E-state index in [1.165, 1.54) is 61.4 Å². The van der Waals surface area contributed by atoms with Gasteiger partial charge in [-0.2, -0.15) is 16.8 Å². The van der Waals surface area contributed by atoms with Crippen LogP contribution in [0.2, 0.25) is 0 Å². The minimum Gasteiger partial charge on any atom is -0.382 e. The Morgan fingerprint density at radius 3 is 1.79 bits per heavy atom. The maximum atomic E-state index is 12.8. The number of benzene rings is 4. The number of aromatic nitrogens is 7. The molecule has 0 radical (unpaired) electrons. The maximum absolute atomic E-state index is 12.8. The summed E-state index contributed by atoms with van der Waals surface area (Å²) >= 11 is 0. The van der Waals surface area contributed by atoms with E-state index in [2.05, 4.69) is 56.5 Å². The number of hydrogen-bond donors (Lipinski definition) is 7. The minimum absolute atomic E-state index is 0.0288. The summed E-state index contributed by atoms with van der Waals surface area (Å²) in [6.07, 6.45) is 14.5. The fourth-order valence-electron chi connectivity index (χ4n) is 7.48. The summed E-state index contributed by atoms with van der Waals surface area (Å²) in [5.41, 5.74) is 4.55. The number of H-pyrrole nitrogens is 2. The molecule has 2 fully saturated rings. The average molecular weight is 959 g/mol. The zero-order valence-electron chi connectivity index (χ0n) is 36.3. The first-order chi connectivity index (χ1) is 32.9. The van der Waals surface area contributed by atoms with E-state index in [9.17, 15) is 26.4 Å². The zero-order chi connectivity index (χ0) is 47.1. The smallest absolute Gasteiger partial charge is 0.339 e. The molecule has 4 amide bonds. The molecule has 68 heavy (non-hydrogen) atoms. The summed E-state index contributed by atoms with van der Waals surface area (Å²) in [5.74, 6) is 0.747. The highest BCUT2D eigenvalue weighted by atomic mass is 32.2. The highest BCUT2D eigenvalue weighted by Gasteiger charge is 2.22. The van der Waals surface area contributed by atoms with Crippen LogP contribution in [0.25, 0.3) is 27.8 Å². The predicted octanol–water partition coefficient (Wildman–Crippen LogP) is 7.59. The van der Waals surface area contributed by atoms with E-state index in [0.29, 0.717) is 28.1 Å². The molecule has 4 aromatic carbocycles. The highest BCUT2D eigenvalue weighted by Crippen LogP contribution is 2.28. The van der Waals surface area contributed by atoms with E-state index in [0.717, 1.165) is 49.2 Å². The van der Waals surface area contributed by atoms with E-state index >= 15 is 0 Å². The van der Waals surface area contributed by atoms with Gasteiger partial charge in [0.2, 0.25) is 11.9 Å². The topological polar surface area (TPSA) is 269 Å². The molecule has 0 bridgehead atoms. The van der Waals surface area contributed by atoms with E-state index < -0.39 is 26.3 Å². The summed E-state index contributed by atoms with van der Waals surface area (Å²) < 4.78 is 63.4. The van der Waals surface area contributed by atoms with Crippen LogP contribution in [0.1, 0.15) is 50.6 Å². The monoisotopic (exact) mass is 958 g/mol. The molecule has 4 heterocycles. The number of fused-ring (bicyclic) bond motifs is 2. The third kappa shape index (κ3) is 11.3. The number of aromatic amines is 2. The Bertz CT molecular complexity index is 3250. The Labute approximate surface area is 390 Å². The first-order valence-corrected chi connectivity index (χ1v) is 24.6. The summed E-state index contributed by atoms with van der Waals surface area (Å²) in [7, 11) is -8.05. The number of nitrogens with one attached hydrogen (secondary N) is 7. The second kappa shape index (κ2) is 19.9. The second-order valence-electron chi connectivity index (χ2n) is 16.1. The van der Waals surface area contributed by atoms with Crippen molar-refractivity contribution in [1.29, 1.82) is 0 Å². The van der Waals surface area contributed by atoms with Crippen LogP contribution in [0.3, 0.4) is 0 Å². The predicted molar refractivity (Wildman–Crippen MR) is 254 cm³/mol. The molecule has 0 spiro atoms. The molecule has 0 aliphatic heterocycles. The zero-order valence-corrected chi connectivity index (χ0v) is 37.9. The van der Waals surface area contributed by atoms with E-state index in [4.69, 9.17) is 8.37 Å². The number of urea groups is 2. The number of hydrogen-bond acceptors (Lipinski definition) is 13. The van der Waals surface area contributed by atoms with Gasteiger partial charge in [0, 0.05) is 54.2 Å². The number of carbonyl (C=O) groups excluding carboxylic acids is 2. The summed E-state index contributed by atoms with van der Waals surface area (Å²) in [4.78, 5) is 46.9. The first-order valence-electron chi connectivity index (χ1n) is 21.8. The van der Waals surface area contributed by atoms with Gasteiger partial charge in [-0.05, 0) is 117 Å². The van der Waals surface area contributed by atoms with Gasteiger partial charge in [-0.1, -0.05) is 18.9 Å². The van der Waals surface area contributed by atoms with Gasteiger partial charge in [0.25, 0.3) is 0 Å². The molecule has 4 aromatic heterocycles. The van der Waals surface area contributed by atoms with Gasteiger partial charge < -0.3 is 38.9 Å². The van der Waals surface area contributed by atoms with Crippen LogP contribution in [0.15, 0.2) is 138 Å². The van der Waals surface area contributed by atoms with Gasteiger partial charge in [0.1, 0.15) is 21.3 Å². The molecule has 2 aliphatic rings. The van der Waals surface area contributed by atoms with Gasteiger partial charge in [-0.25, -0.2) is 24.5 Å². The van der Waals surface area contributed by atoms with E-state index in [1.807, 2.05) is 6.07 Å². The van der Waals surface area contributed by atoms with Crippen LogP contribution in [-0.4, -0.2) is 75.5 Å². The van der Waals surface area contributed by atoms with Crippen LogP contribution in [0, 0.1) is 0 Å². The molecular weight excluding hydrogens is 913 g/mol. The van der Waals surface area contributed by atoms with Gasteiger partial charge >= 0.3 is 32.3 Å². The largest absolute Gasteiger partial charge is 0.382 e. The van der Waals surface area contributed by atoms with Gasteiger partial charge in [-0.3, -0.25) is 15.6 Å². The number of nitrogens with zero attached hydrogens (tertiary/aromatic N) is 5. The van der Waals surface area contributed by atoms with Crippen molar-refractivity contribution in [2.45, 2.75) is 73.4 Å². The molecule has 0 atom stereocenters. The molecule has 20 nitrogen and oxygen atoms in total. The number of amides is 4. The molecule has 8 aromatic rings. The van der Waals surface area contributed by atoms with Crippen molar-refractivity contribution < 1.29 is 34.8 Å². The van der Waals surface area contributed by atoms with E-state index in [-0.39, 0.29) is 51.8 Å². The van der Waals surface area contributed by atoms with E-state index in [1.54, 1.807) is 78.0 Å². The van der Waals surface area contributed by atoms with Crippen molar-refractivity contribution in [3.05, 3.63) is 134 Å². The maximum Gasteiger partial charge on any atom is 0.339 e. The number of anilines is 3. The quantitative estimate of drug-likeness (QED) is 0.0519. The normalized spacial score (nSPS) is 14.1. The molecule has 0 saturated heterocycles. The van der Waals surface area contributed by atoms with Crippen LogP contribution < -0.4 is 35.0 Å². The lowest BCUT2D eigenvalue weighted by Gasteiger charge is -2.26. The van der Waals surface area contributed by atoms with Gasteiger partial charge in [-0.15, -0.1) is 0 Å². The third-order valence-electron chi connectivity index (χ3n) is 11.2. The molecule has 350 valence electrons. The molecule has 2 saturated carbocycles. The summed E-state index contributed by atoms with van der Waals surface area (Å²) in [5, 5.41) is 14.3.